The van der Waals surface area contributed by atoms with Crippen molar-refractivity contribution in [3.63, 3.8) is 0 Å². The second-order valence-corrected chi connectivity index (χ2v) is 5.63. The maximum atomic E-state index is 12.2. The highest BCUT2D eigenvalue weighted by atomic mass is 16.4. The van der Waals surface area contributed by atoms with Gasteiger partial charge in [-0.15, -0.1) is 0 Å². The van der Waals surface area contributed by atoms with Crippen LogP contribution in [0.15, 0.2) is 12.3 Å². The third-order valence-electron chi connectivity index (χ3n) is 3.97. The number of aromatic carboxylic acids is 1. The van der Waals surface area contributed by atoms with Gasteiger partial charge in [-0.2, -0.15) is 5.10 Å². The molecular weight excluding hydrogens is 258 g/mol. The number of carboxylic acid groups (broad SMARTS) is 1. The van der Waals surface area contributed by atoms with E-state index in [-0.39, 0.29) is 17.6 Å². The van der Waals surface area contributed by atoms with E-state index in [4.69, 9.17) is 5.11 Å². The molecule has 1 aliphatic carbocycles. The van der Waals surface area contributed by atoms with E-state index >= 15 is 0 Å². The van der Waals surface area contributed by atoms with Gasteiger partial charge in [0.2, 0.25) is 5.91 Å². The smallest absolute Gasteiger partial charge is 0.356 e. The molecule has 2 rings (SSSR count). The van der Waals surface area contributed by atoms with E-state index in [1.807, 2.05) is 0 Å². The van der Waals surface area contributed by atoms with Gasteiger partial charge in [0.05, 0.1) is 0 Å². The molecular formula is C14H21N3O3. The lowest BCUT2D eigenvalue weighted by molar-refractivity contribution is -0.125. The van der Waals surface area contributed by atoms with Gasteiger partial charge in [-0.05, 0) is 44.6 Å². The Kier molecular flexibility index (Phi) is 4.42. The molecule has 20 heavy (non-hydrogen) atoms. The third-order valence-corrected chi connectivity index (χ3v) is 3.97. The molecule has 0 bridgehead atoms. The molecule has 1 aromatic rings. The van der Waals surface area contributed by atoms with E-state index in [0.29, 0.717) is 0 Å². The molecule has 6 nitrogen and oxygen atoms in total. The topological polar surface area (TPSA) is 84.2 Å². The first kappa shape index (κ1) is 14.6. The fourth-order valence-electron chi connectivity index (χ4n) is 2.51. The number of nitrogens with one attached hydrogen (secondary N) is 1. The van der Waals surface area contributed by atoms with Crippen LogP contribution in [-0.2, 0) is 4.79 Å². The standard InChI is InChI=1S/C14H21N3O3/c1-9-3-5-11(6-4-9)15-13(18)10(2)17-8-7-12(16-17)14(19)20/h7-11H,3-6H2,1-2H3,(H,15,18)(H,19,20). The Morgan fingerprint density at radius 1 is 1.40 bits per heavy atom. The first-order chi connectivity index (χ1) is 9.47. The quantitative estimate of drug-likeness (QED) is 0.880. The van der Waals surface area contributed by atoms with E-state index < -0.39 is 12.0 Å². The Morgan fingerprint density at radius 2 is 2.05 bits per heavy atom. The van der Waals surface area contributed by atoms with E-state index in [2.05, 4.69) is 17.3 Å². The predicted octanol–water partition coefficient (Wildman–Crippen LogP) is 1.84. The van der Waals surface area contributed by atoms with Crippen LogP contribution >= 0.6 is 0 Å². The fourth-order valence-corrected chi connectivity index (χ4v) is 2.51. The lowest BCUT2D eigenvalue weighted by atomic mass is 9.87. The van der Waals surface area contributed by atoms with E-state index in [1.165, 1.54) is 16.9 Å². The van der Waals surface area contributed by atoms with Gasteiger partial charge in [0.25, 0.3) is 0 Å². The molecule has 110 valence electrons. The largest absolute Gasteiger partial charge is 0.476 e. The fraction of sp³-hybridized carbons (Fsp3) is 0.643. The van der Waals surface area contributed by atoms with Gasteiger partial charge in [-0.1, -0.05) is 6.92 Å². The van der Waals surface area contributed by atoms with Gasteiger partial charge < -0.3 is 10.4 Å². The molecule has 0 aliphatic heterocycles. The van der Waals surface area contributed by atoms with Crippen molar-refractivity contribution in [1.82, 2.24) is 15.1 Å². The molecule has 0 spiro atoms. The molecule has 1 atom stereocenters. The van der Waals surface area contributed by atoms with Crippen molar-refractivity contribution in [1.29, 1.82) is 0 Å². The van der Waals surface area contributed by atoms with Gasteiger partial charge in [0.15, 0.2) is 5.69 Å². The van der Waals surface area contributed by atoms with Crippen molar-refractivity contribution in [3.8, 4) is 0 Å². The molecule has 0 aromatic carbocycles. The molecule has 2 N–H and O–H groups in total. The summed E-state index contributed by atoms with van der Waals surface area (Å²) in [6.07, 6.45) is 5.84. The maximum absolute atomic E-state index is 12.2. The summed E-state index contributed by atoms with van der Waals surface area (Å²) >= 11 is 0. The number of aromatic nitrogens is 2. The van der Waals surface area contributed by atoms with E-state index in [9.17, 15) is 9.59 Å². The van der Waals surface area contributed by atoms with Gasteiger partial charge in [0.1, 0.15) is 6.04 Å². The van der Waals surface area contributed by atoms with Crippen LogP contribution in [0.1, 0.15) is 56.1 Å². The zero-order chi connectivity index (χ0) is 14.7. The average molecular weight is 279 g/mol. The Balaban J connectivity index is 1.92. The number of hydrogen-bond donors (Lipinski definition) is 2. The monoisotopic (exact) mass is 279 g/mol. The minimum Gasteiger partial charge on any atom is -0.476 e. The number of amides is 1. The normalized spacial score (nSPS) is 24.1. The summed E-state index contributed by atoms with van der Waals surface area (Å²) in [4.78, 5) is 22.9. The zero-order valence-electron chi connectivity index (χ0n) is 11.9. The summed E-state index contributed by atoms with van der Waals surface area (Å²) in [7, 11) is 0. The number of nitrogens with zero attached hydrogens (tertiary/aromatic N) is 2. The van der Waals surface area contributed by atoms with Crippen LogP contribution in [0.4, 0.5) is 0 Å². The molecule has 0 radical (unpaired) electrons. The maximum Gasteiger partial charge on any atom is 0.356 e. The summed E-state index contributed by atoms with van der Waals surface area (Å²) < 4.78 is 1.39. The van der Waals surface area contributed by atoms with E-state index in [0.717, 1.165) is 31.6 Å². The summed E-state index contributed by atoms with van der Waals surface area (Å²) in [6.45, 7) is 3.96. The number of hydrogen-bond acceptors (Lipinski definition) is 3. The van der Waals surface area contributed by atoms with E-state index in [1.54, 1.807) is 6.92 Å². The van der Waals surface area contributed by atoms with Crippen molar-refractivity contribution in [2.45, 2.75) is 51.6 Å². The second kappa shape index (κ2) is 6.07. The molecule has 1 fully saturated rings. The zero-order valence-corrected chi connectivity index (χ0v) is 11.9. The van der Waals surface area contributed by atoms with Gasteiger partial charge in [-0.3, -0.25) is 9.48 Å². The molecule has 1 heterocycles. The Bertz CT molecular complexity index is 490. The highest BCUT2D eigenvalue weighted by molar-refractivity contribution is 5.85. The van der Waals surface area contributed by atoms with Crippen molar-refractivity contribution in [2.24, 2.45) is 5.92 Å². The van der Waals surface area contributed by atoms with Crippen LogP contribution in [0, 0.1) is 5.92 Å². The van der Waals surface area contributed by atoms with Crippen molar-refractivity contribution in [3.05, 3.63) is 18.0 Å². The molecule has 1 saturated carbocycles. The summed E-state index contributed by atoms with van der Waals surface area (Å²) in [5.41, 5.74) is -0.0452. The molecule has 6 heteroatoms. The third kappa shape index (κ3) is 3.37. The van der Waals surface area contributed by atoms with Crippen LogP contribution in [0.25, 0.3) is 0 Å². The van der Waals surface area contributed by atoms with Gasteiger partial charge in [0, 0.05) is 12.2 Å². The minimum absolute atomic E-state index is 0.0452. The summed E-state index contributed by atoms with van der Waals surface area (Å²) in [6, 6.07) is 1.13. The van der Waals surface area contributed by atoms with Crippen molar-refractivity contribution >= 4 is 11.9 Å². The number of carbonyl (C=O) groups is 2. The molecule has 1 amide bonds. The highest BCUT2D eigenvalue weighted by Gasteiger charge is 2.23. The van der Waals surface area contributed by atoms with Gasteiger partial charge >= 0.3 is 5.97 Å². The van der Waals surface area contributed by atoms with Crippen LogP contribution in [0.5, 0.6) is 0 Å². The Labute approximate surface area is 118 Å². The van der Waals surface area contributed by atoms with Crippen LogP contribution in [0.2, 0.25) is 0 Å². The highest BCUT2D eigenvalue weighted by Crippen LogP contribution is 2.23. The molecule has 1 aliphatic rings. The predicted molar refractivity (Wildman–Crippen MR) is 73.5 cm³/mol. The van der Waals surface area contributed by atoms with Crippen LogP contribution in [-0.4, -0.2) is 32.8 Å². The summed E-state index contributed by atoms with van der Waals surface area (Å²) in [5, 5.41) is 15.7. The molecule has 1 unspecified atom stereocenters. The minimum atomic E-state index is -1.09. The molecule has 1 aromatic heterocycles. The number of rotatable bonds is 4. The summed E-state index contributed by atoms with van der Waals surface area (Å²) in [5.74, 6) is -0.452. The first-order valence-electron chi connectivity index (χ1n) is 7.06. The Hall–Kier alpha value is -1.85. The lowest BCUT2D eigenvalue weighted by Crippen LogP contribution is -2.40. The Morgan fingerprint density at radius 3 is 2.60 bits per heavy atom. The van der Waals surface area contributed by atoms with Crippen molar-refractivity contribution < 1.29 is 14.7 Å². The molecule has 0 saturated heterocycles. The van der Waals surface area contributed by atoms with Crippen molar-refractivity contribution in [2.75, 3.05) is 0 Å². The van der Waals surface area contributed by atoms with Crippen LogP contribution < -0.4 is 5.32 Å². The second-order valence-electron chi connectivity index (χ2n) is 5.63. The van der Waals surface area contributed by atoms with Crippen LogP contribution in [0.3, 0.4) is 0 Å². The lowest BCUT2D eigenvalue weighted by Gasteiger charge is -2.28. The van der Waals surface area contributed by atoms with Gasteiger partial charge in [-0.25, -0.2) is 4.79 Å². The average Bonchev–Trinajstić information content (AvgIpc) is 2.90. The number of carboxylic acids is 1. The first-order valence-corrected chi connectivity index (χ1v) is 7.06. The number of carbonyl (C=O) groups excluding carboxylic acids is 1. The SMILES string of the molecule is CC1CCC(NC(=O)C(C)n2ccc(C(=O)O)n2)CC1.